The maximum Gasteiger partial charge on any atom is 0.328 e. The lowest BCUT2D eigenvalue weighted by Gasteiger charge is -2.27. The van der Waals surface area contributed by atoms with E-state index in [0.29, 0.717) is 31.8 Å². The summed E-state index contributed by atoms with van der Waals surface area (Å²) in [6.07, 6.45) is 4.65. The summed E-state index contributed by atoms with van der Waals surface area (Å²) in [4.78, 5) is 37.2. The van der Waals surface area contributed by atoms with Gasteiger partial charge < -0.3 is 16.0 Å². The van der Waals surface area contributed by atoms with Gasteiger partial charge in [-0.1, -0.05) is 32.9 Å². The average Bonchev–Trinajstić information content (AvgIpc) is 3.09. The first-order valence-corrected chi connectivity index (χ1v) is 13.6. The Morgan fingerprint density at radius 3 is 2.29 bits per heavy atom. The fourth-order valence-corrected chi connectivity index (χ4v) is 5.83. The van der Waals surface area contributed by atoms with Crippen molar-refractivity contribution in [2.24, 2.45) is 17.3 Å². The van der Waals surface area contributed by atoms with E-state index in [1.165, 1.54) is 12.1 Å². The highest BCUT2D eigenvalue weighted by molar-refractivity contribution is 7.90. The van der Waals surface area contributed by atoms with Crippen LogP contribution in [-0.4, -0.2) is 45.4 Å². The number of nitrogens with one attached hydrogen (secondary N) is 4. The molecule has 3 rings (SSSR count). The molecule has 1 aromatic carbocycles. The third-order valence-corrected chi connectivity index (χ3v) is 8.64. The molecule has 2 aliphatic rings. The number of rotatable bonds is 8. The minimum absolute atomic E-state index is 0.00544. The summed E-state index contributed by atoms with van der Waals surface area (Å²) in [6.45, 7) is 6.72. The van der Waals surface area contributed by atoms with Gasteiger partial charge in [0.1, 0.15) is 5.41 Å². The standard InChI is InChI=1S/C24H36N4O5S/c1-4-24(17(3)15-26-22(24)30)21(29)25-14-13-18-7-11-20(12-8-18)34(32,33)28-23(31)27-19-9-5-16(2)6-10-19/h7-8,11-12,16-17,19H,4-6,9-10,13-15H2,1-3H3,(H,25,29)(H,26,30)(H2,27,28,31). The van der Waals surface area contributed by atoms with Gasteiger partial charge in [-0.15, -0.1) is 0 Å². The molecule has 0 bridgehead atoms. The van der Waals surface area contributed by atoms with Crippen LogP contribution in [-0.2, 0) is 26.0 Å². The molecule has 0 radical (unpaired) electrons. The third kappa shape index (κ3) is 5.71. The van der Waals surface area contributed by atoms with Gasteiger partial charge in [-0.3, -0.25) is 9.59 Å². The van der Waals surface area contributed by atoms with Crippen LogP contribution in [0.4, 0.5) is 4.79 Å². The molecule has 2 unspecified atom stereocenters. The van der Waals surface area contributed by atoms with Crippen LogP contribution in [0.25, 0.3) is 0 Å². The fourth-order valence-electron chi connectivity index (χ4n) is 4.91. The normalized spacial score (nSPS) is 27.0. The van der Waals surface area contributed by atoms with Crippen LogP contribution in [0.1, 0.15) is 58.4 Å². The molecular weight excluding hydrogens is 456 g/mol. The van der Waals surface area contributed by atoms with Gasteiger partial charge in [0.2, 0.25) is 11.8 Å². The van der Waals surface area contributed by atoms with Crippen LogP contribution < -0.4 is 20.7 Å². The minimum atomic E-state index is -3.98. The highest BCUT2D eigenvalue weighted by atomic mass is 32.2. The highest BCUT2D eigenvalue weighted by Crippen LogP contribution is 2.36. The monoisotopic (exact) mass is 492 g/mol. The molecule has 34 heavy (non-hydrogen) atoms. The predicted octanol–water partition coefficient (Wildman–Crippen LogP) is 2.07. The van der Waals surface area contributed by atoms with Gasteiger partial charge in [-0.05, 0) is 68.1 Å². The predicted molar refractivity (Wildman–Crippen MR) is 128 cm³/mol. The van der Waals surface area contributed by atoms with E-state index in [2.05, 4.69) is 27.6 Å². The molecule has 1 aliphatic carbocycles. The van der Waals surface area contributed by atoms with Crippen LogP contribution in [0, 0.1) is 17.3 Å². The van der Waals surface area contributed by atoms with Crippen molar-refractivity contribution in [1.82, 2.24) is 20.7 Å². The number of carbonyl (C=O) groups is 3. The Morgan fingerprint density at radius 2 is 1.74 bits per heavy atom. The lowest BCUT2D eigenvalue weighted by molar-refractivity contribution is -0.143. The van der Waals surface area contributed by atoms with Gasteiger partial charge in [-0.2, -0.15) is 0 Å². The Kier molecular flexibility index (Phi) is 8.22. The van der Waals surface area contributed by atoms with E-state index < -0.39 is 21.5 Å². The summed E-state index contributed by atoms with van der Waals surface area (Å²) in [7, 11) is -3.98. The smallest absolute Gasteiger partial charge is 0.328 e. The molecule has 2 atom stereocenters. The fraction of sp³-hybridized carbons (Fsp3) is 0.625. The molecule has 4 N–H and O–H groups in total. The maximum atomic E-state index is 12.8. The molecule has 9 nitrogen and oxygen atoms in total. The van der Waals surface area contributed by atoms with Crippen molar-refractivity contribution in [3.05, 3.63) is 29.8 Å². The molecule has 0 aromatic heterocycles. The van der Waals surface area contributed by atoms with Gasteiger partial charge in [0.15, 0.2) is 0 Å². The van der Waals surface area contributed by atoms with Gasteiger partial charge in [0.05, 0.1) is 4.90 Å². The van der Waals surface area contributed by atoms with Crippen LogP contribution in [0.5, 0.6) is 0 Å². The molecule has 1 heterocycles. The van der Waals surface area contributed by atoms with Gasteiger partial charge in [-0.25, -0.2) is 17.9 Å². The molecule has 10 heteroatoms. The van der Waals surface area contributed by atoms with Crippen molar-refractivity contribution in [1.29, 1.82) is 0 Å². The van der Waals surface area contributed by atoms with Crippen molar-refractivity contribution in [3.8, 4) is 0 Å². The Balaban J connectivity index is 1.50. The second-order valence-corrected chi connectivity index (χ2v) is 11.3. The number of amides is 4. The number of carbonyl (C=O) groups excluding carboxylic acids is 3. The zero-order valence-electron chi connectivity index (χ0n) is 20.1. The summed E-state index contributed by atoms with van der Waals surface area (Å²) < 4.78 is 27.2. The Morgan fingerprint density at radius 1 is 1.09 bits per heavy atom. The largest absolute Gasteiger partial charge is 0.355 e. The topological polar surface area (TPSA) is 133 Å². The Labute approximate surface area is 201 Å². The lowest BCUT2D eigenvalue weighted by Crippen LogP contribution is -2.48. The van der Waals surface area contributed by atoms with Gasteiger partial charge in [0, 0.05) is 19.1 Å². The number of benzene rings is 1. The second kappa shape index (κ2) is 10.8. The number of urea groups is 1. The van der Waals surface area contributed by atoms with Crippen molar-refractivity contribution in [2.75, 3.05) is 13.1 Å². The second-order valence-electron chi connectivity index (χ2n) is 9.62. The first kappa shape index (κ1) is 26.0. The van der Waals surface area contributed by atoms with Crippen molar-refractivity contribution in [2.45, 2.75) is 70.2 Å². The van der Waals surface area contributed by atoms with E-state index >= 15 is 0 Å². The summed E-state index contributed by atoms with van der Waals surface area (Å²) in [5.74, 6) is 0.0413. The van der Waals surface area contributed by atoms with E-state index in [0.717, 1.165) is 31.2 Å². The molecule has 1 aromatic rings. The average molecular weight is 493 g/mol. The SMILES string of the molecule is CCC1(C(=O)NCCc2ccc(S(=O)(=O)NC(=O)NC3CCC(C)CC3)cc2)C(=O)NCC1C. The molecule has 1 saturated carbocycles. The Hall–Kier alpha value is -2.62. The van der Waals surface area contributed by atoms with E-state index in [1.807, 2.05) is 13.8 Å². The van der Waals surface area contributed by atoms with Crippen LogP contribution in [0.3, 0.4) is 0 Å². The third-order valence-electron chi connectivity index (χ3n) is 7.29. The lowest BCUT2D eigenvalue weighted by atomic mass is 9.75. The quantitative estimate of drug-likeness (QED) is 0.412. The van der Waals surface area contributed by atoms with E-state index in [9.17, 15) is 22.8 Å². The highest BCUT2D eigenvalue weighted by Gasteiger charge is 2.52. The molecule has 1 aliphatic heterocycles. The summed E-state index contributed by atoms with van der Waals surface area (Å²) >= 11 is 0. The van der Waals surface area contributed by atoms with Crippen LogP contribution >= 0.6 is 0 Å². The van der Waals surface area contributed by atoms with Gasteiger partial charge >= 0.3 is 6.03 Å². The first-order valence-electron chi connectivity index (χ1n) is 12.1. The van der Waals surface area contributed by atoms with Crippen LogP contribution in [0.2, 0.25) is 0 Å². The molecule has 4 amide bonds. The molecular formula is C24H36N4O5S. The first-order chi connectivity index (χ1) is 16.1. The zero-order valence-corrected chi connectivity index (χ0v) is 21.0. The molecule has 188 valence electrons. The van der Waals surface area contributed by atoms with E-state index in [4.69, 9.17) is 0 Å². The van der Waals surface area contributed by atoms with Crippen molar-refractivity contribution in [3.63, 3.8) is 0 Å². The summed E-state index contributed by atoms with van der Waals surface area (Å²) in [6, 6.07) is 5.48. The molecule has 1 saturated heterocycles. The van der Waals surface area contributed by atoms with Crippen LogP contribution in [0.15, 0.2) is 29.2 Å². The minimum Gasteiger partial charge on any atom is -0.355 e. The number of hydrogen-bond donors (Lipinski definition) is 4. The Bertz CT molecular complexity index is 1000. The van der Waals surface area contributed by atoms with E-state index in [1.54, 1.807) is 12.1 Å². The molecule has 0 spiro atoms. The van der Waals surface area contributed by atoms with E-state index in [-0.39, 0.29) is 28.7 Å². The number of hydrogen-bond acceptors (Lipinski definition) is 5. The van der Waals surface area contributed by atoms with Crippen molar-refractivity contribution < 1.29 is 22.8 Å². The maximum absolute atomic E-state index is 12.8. The molecule has 2 fully saturated rings. The summed E-state index contributed by atoms with van der Waals surface area (Å²) in [5, 5.41) is 8.38. The van der Waals surface area contributed by atoms with Crippen molar-refractivity contribution >= 4 is 27.9 Å². The van der Waals surface area contributed by atoms with Gasteiger partial charge in [0.25, 0.3) is 10.0 Å². The summed E-state index contributed by atoms with van der Waals surface area (Å²) in [5.41, 5.74) is -0.213. The number of sulfonamides is 1. The zero-order chi connectivity index (χ0) is 24.9.